The smallest absolute Gasteiger partial charge is 0.134 e. The molecule has 3 rings (SSSR count). The van der Waals surface area contributed by atoms with Gasteiger partial charge in [0.2, 0.25) is 0 Å². The van der Waals surface area contributed by atoms with E-state index in [0.29, 0.717) is 5.92 Å². The van der Waals surface area contributed by atoms with Crippen LogP contribution in [0.25, 0.3) is 11.1 Å². The Hall–Kier alpha value is -1.63. The molecule has 0 heterocycles. The van der Waals surface area contributed by atoms with Crippen LogP contribution in [-0.2, 0) is 6.42 Å². The zero-order chi connectivity index (χ0) is 18.4. The Kier molecular flexibility index (Phi) is 7.23. The maximum Gasteiger partial charge on any atom is 0.134 e. The summed E-state index contributed by atoms with van der Waals surface area (Å²) in [4.78, 5) is 0. The van der Waals surface area contributed by atoms with E-state index < -0.39 is 0 Å². The van der Waals surface area contributed by atoms with E-state index in [1.165, 1.54) is 31.2 Å². The molecule has 0 spiro atoms. The summed E-state index contributed by atoms with van der Waals surface area (Å²) in [6.45, 7) is 10.3. The minimum absolute atomic E-state index is 0.0661. The first kappa shape index (κ1) is 19.7. The number of rotatable bonds is 3. The lowest BCUT2D eigenvalue weighted by molar-refractivity contribution is 0.348. The predicted molar refractivity (Wildman–Crippen MR) is 108 cm³/mol. The third-order valence-electron chi connectivity index (χ3n) is 5.59. The molecule has 0 aliphatic heterocycles. The summed E-state index contributed by atoms with van der Waals surface area (Å²) in [7, 11) is 0. The normalized spacial score (nSPS) is 19.9. The molecule has 0 N–H and O–H groups in total. The summed E-state index contributed by atoms with van der Waals surface area (Å²) < 4.78 is 14.6. The van der Waals surface area contributed by atoms with Gasteiger partial charge in [-0.25, -0.2) is 4.39 Å². The summed E-state index contributed by atoms with van der Waals surface area (Å²) in [5.74, 6) is 1.50. The van der Waals surface area contributed by atoms with E-state index in [4.69, 9.17) is 0 Å². The number of benzene rings is 2. The van der Waals surface area contributed by atoms with Crippen LogP contribution >= 0.6 is 0 Å². The van der Waals surface area contributed by atoms with Crippen molar-refractivity contribution in [3.05, 3.63) is 58.9 Å². The van der Waals surface area contributed by atoms with Crippen LogP contribution in [0.2, 0.25) is 0 Å². The molecule has 1 aliphatic rings. The highest BCUT2D eigenvalue weighted by molar-refractivity contribution is 5.66. The summed E-state index contributed by atoms with van der Waals surface area (Å²) in [6.07, 6.45) is 6.12. The number of halogens is 1. The Balaban J connectivity index is 0.00000109. The molecule has 0 radical (unpaired) electrons. The Morgan fingerprint density at radius 1 is 0.920 bits per heavy atom. The second kappa shape index (κ2) is 9.17. The van der Waals surface area contributed by atoms with E-state index in [1.807, 2.05) is 26.8 Å². The van der Waals surface area contributed by atoms with Crippen LogP contribution in [0, 0.1) is 18.7 Å². The van der Waals surface area contributed by atoms with Gasteiger partial charge in [0.25, 0.3) is 0 Å². The minimum atomic E-state index is -0.0661. The first-order chi connectivity index (χ1) is 12.1. The Bertz CT molecular complexity index is 661. The molecule has 2 aromatic carbocycles. The number of hydrogen-bond donors (Lipinski definition) is 0. The van der Waals surface area contributed by atoms with Crippen molar-refractivity contribution < 1.29 is 4.39 Å². The summed E-state index contributed by atoms with van der Waals surface area (Å²) in [5.41, 5.74) is 5.02. The Morgan fingerprint density at radius 3 is 2.08 bits per heavy atom. The highest BCUT2D eigenvalue weighted by Gasteiger charge is 2.19. The highest BCUT2D eigenvalue weighted by Crippen LogP contribution is 2.36. The van der Waals surface area contributed by atoms with Gasteiger partial charge in [0.05, 0.1) is 0 Å². The van der Waals surface area contributed by atoms with Crippen molar-refractivity contribution in [2.45, 2.75) is 72.6 Å². The van der Waals surface area contributed by atoms with Crippen molar-refractivity contribution in [3.8, 4) is 11.1 Å². The molecule has 1 aliphatic carbocycles. The van der Waals surface area contributed by atoms with Crippen LogP contribution in [0.1, 0.15) is 76.0 Å². The Labute approximate surface area is 153 Å². The van der Waals surface area contributed by atoms with Crippen molar-refractivity contribution in [2.24, 2.45) is 5.92 Å². The largest absolute Gasteiger partial charge is 0.206 e. The quantitative estimate of drug-likeness (QED) is 0.537. The first-order valence-electron chi connectivity index (χ1n) is 9.98. The third kappa shape index (κ3) is 4.51. The molecule has 0 aromatic heterocycles. The van der Waals surface area contributed by atoms with Crippen LogP contribution in [0.5, 0.6) is 0 Å². The average Bonchev–Trinajstić information content (AvgIpc) is 2.66. The van der Waals surface area contributed by atoms with E-state index >= 15 is 0 Å². The van der Waals surface area contributed by atoms with Gasteiger partial charge in [0.15, 0.2) is 0 Å². The standard InChI is InChI=1S/C22H27F.C2H6/c1-4-17-13-14-21(22(23)16(17)3)20-11-9-19(10-12-20)18-7-5-15(2)6-8-18;1-2/h9-15,18H,4-8H2,1-3H3;1-2H3. The van der Waals surface area contributed by atoms with E-state index in [1.54, 1.807) is 0 Å². The van der Waals surface area contributed by atoms with Crippen molar-refractivity contribution in [1.29, 1.82) is 0 Å². The molecule has 0 atom stereocenters. The van der Waals surface area contributed by atoms with Gasteiger partial charge in [-0.3, -0.25) is 0 Å². The SMILES string of the molecule is CC.CCc1ccc(-c2ccc(C3CCC(C)CC3)cc2)c(F)c1C. The van der Waals surface area contributed by atoms with Crippen LogP contribution in [-0.4, -0.2) is 0 Å². The molecule has 0 bridgehead atoms. The monoisotopic (exact) mass is 340 g/mol. The van der Waals surface area contributed by atoms with Crippen molar-refractivity contribution in [2.75, 3.05) is 0 Å². The molecule has 1 heteroatoms. The van der Waals surface area contributed by atoms with E-state index in [2.05, 4.69) is 44.2 Å². The van der Waals surface area contributed by atoms with Crippen molar-refractivity contribution in [1.82, 2.24) is 0 Å². The molecule has 25 heavy (non-hydrogen) atoms. The van der Waals surface area contributed by atoms with Gasteiger partial charge in [-0.1, -0.05) is 76.9 Å². The van der Waals surface area contributed by atoms with Gasteiger partial charge in [-0.05, 0) is 60.3 Å². The molecule has 0 unspecified atom stereocenters. The van der Waals surface area contributed by atoms with Gasteiger partial charge in [0.1, 0.15) is 5.82 Å². The van der Waals surface area contributed by atoms with Crippen LogP contribution in [0.15, 0.2) is 36.4 Å². The average molecular weight is 341 g/mol. The van der Waals surface area contributed by atoms with E-state index in [0.717, 1.165) is 34.6 Å². The third-order valence-corrected chi connectivity index (χ3v) is 5.59. The van der Waals surface area contributed by atoms with Crippen LogP contribution < -0.4 is 0 Å². The molecular weight excluding hydrogens is 307 g/mol. The molecule has 0 saturated heterocycles. The minimum Gasteiger partial charge on any atom is -0.206 e. The summed E-state index contributed by atoms with van der Waals surface area (Å²) in [6, 6.07) is 12.6. The molecule has 1 fully saturated rings. The van der Waals surface area contributed by atoms with E-state index in [9.17, 15) is 4.39 Å². The van der Waals surface area contributed by atoms with Gasteiger partial charge in [-0.2, -0.15) is 0 Å². The van der Waals surface area contributed by atoms with Crippen molar-refractivity contribution >= 4 is 0 Å². The van der Waals surface area contributed by atoms with Gasteiger partial charge >= 0.3 is 0 Å². The fourth-order valence-electron chi connectivity index (χ4n) is 3.86. The second-order valence-corrected chi connectivity index (χ2v) is 7.14. The van der Waals surface area contributed by atoms with E-state index in [-0.39, 0.29) is 5.82 Å². The molecule has 136 valence electrons. The topological polar surface area (TPSA) is 0 Å². The lowest BCUT2D eigenvalue weighted by Crippen LogP contribution is -2.10. The second-order valence-electron chi connectivity index (χ2n) is 7.14. The zero-order valence-electron chi connectivity index (χ0n) is 16.5. The van der Waals surface area contributed by atoms with Gasteiger partial charge in [0, 0.05) is 5.56 Å². The molecular formula is C24H33F. The first-order valence-corrected chi connectivity index (χ1v) is 9.98. The molecule has 0 nitrogen and oxygen atoms in total. The lowest BCUT2D eigenvalue weighted by atomic mass is 9.79. The molecule has 0 amide bonds. The van der Waals surface area contributed by atoms with Crippen molar-refractivity contribution in [3.63, 3.8) is 0 Å². The summed E-state index contributed by atoms with van der Waals surface area (Å²) >= 11 is 0. The lowest BCUT2D eigenvalue weighted by Gasteiger charge is -2.26. The number of aryl methyl sites for hydroxylation is 1. The maximum atomic E-state index is 14.6. The number of hydrogen-bond acceptors (Lipinski definition) is 0. The predicted octanol–water partition coefficient (Wildman–Crippen LogP) is 7.68. The van der Waals surface area contributed by atoms with Gasteiger partial charge in [-0.15, -0.1) is 0 Å². The fourth-order valence-corrected chi connectivity index (χ4v) is 3.86. The molecule has 2 aromatic rings. The summed E-state index contributed by atoms with van der Waals surface area (Å²) in [5, 5.41) is 0. The highest BCUT2D eigenvalue weighted by atomic mass is 19.1. The maximum absolute atomic E-state index is 14.6. The fraction of sp³-hybridized carbons (Fsp3) is 0.500. The molecule has 1 saturated carbocycles. The van der Waals surface area contributed by atoms with Gasteiger partial charge < -0.3 is 0 Å². The Morgan fingerprint density at radius 2 is 1.52 bits per heavy atom. The van der Waals surface area contributed by atoms with Crippen LogP contribution in [0.4, 0.5) is 4.39 Å². The zero-order valence-corrected chi connectivity index (χ0v) is 16.5. The van der Waals surface area contributed by atoms with Crippen LogP contribution in [0.3, 0.4) is 0 Å².